The van der Waals surface area contributed by atoms with E-state index < -0.39 is 17.9 Å². The standard InChI is InChI=1S/C30H26Cl2I2N4O5S/c1-3-41-29(40)26-16(2)36-30(44)37-27(26)20-6-4-5-7-24(20)42-15-25(39)38-35-13-18-11-19(33)12-23(34)28(18)43-14-17-8-9-21(31)22(32)10-17/h4-13,27H,3,14-15H2,1-2H3,(H,38,39)(H2,36,37,44)/t27-/m1/s1. The molecular weight excluding hydrogens is 853 g/mol. The Morgan fingerprint density at radius 3 is 2.61 bits per heavy atom. The van der Waals surface area contributed by atoms with Crippen molar-refractivity contribution in [1.82, 2.24) is 16.1 Å². The Labute approximate surface area is 297 Å². The molecule has 0 bridgehead atoms. The number of carbonyl (C=O) groups excluding carboxylic acids is 2. The molecule has 9 nitrogen and oxygen atoms in total. The largest absolute Gasteiger partial charge is 0.487 e. The number of hydrogen-bond acceptors (Lipinski definition) is 7. The Morgan fingerprint density at radius 2 is 1.86 bits per heavy atom. The molecule has 1 amide bonds. The van der Waals surface area contributed by atoms with Gasteiger partial charge in [-0.15, -0.1) is 0 Å². The van der Waals surface area contributed by atoms with E-state index in [1.807, 2.05) is 18.2 Å². The summed E-state index contributed by atoms with van der Waals surface area (Å²) in [6.07, 6.45) is 1.51. The topological polar surface area (TPSA) is 110 Å². The zero-order valence-corrected chi connectivity index (χ0v) is 30.0. The van der Waals surface area contributed by atoms with Crippen molar-refractivity contribution in [3.8, 4) is 11.5 Å². The van der Waals surface area contributed by atoms with E-state index in [1.54, 1.807) is 50.2 Å². The van der Waals surface area contributed by atoms with Crippen molar-refractivity contribution in [3.63, 3.8) is 0 Å². The molecule has 1 aliphatic heterocycles. The quantitative estimate of drug-likeness (QED) is 0.0646. The van der Waals surface area contributed by atoms with Gasteiger partial charge in [-0.1, -0.05) is 47.5 Å². The van der Waals surface area contributed by atoms with Gasteiger partial charge in [0.2, 0.25) is 0 Å². The van der Waals surface area contributed by atoms with Crippen LogP contribution in [0, 0.1) is 7.14 Å². The van der Waals surface area contributed by atoms with Gasteiger partial charge >= 0.3 is 5.97 Å². The smallest absolute Gasteiger partial charge is 0.338 e. The monoisotopic (exact) mass is 878 g/mol. The predicted molar refractivity (Wildman–Crippen MR) is 191 cm³/mol. The van der Waals surface area contributed by atoms with Crippen LogP contribution in [0.4, 0.5) is 0 Å². The third-order valence-electron chi connectivity index (χ3n) is 6.15. The average Bonchev–Trinajstić information content (AvgIpc) is 2.97. The lowest BCUT2D eigenvalue weighted by Crippen LogP contribution is -2.45. The number of rotatable bonds is 11. The van der Waals surface area contributed by atoms with Crippen LogP contribution in [0.1, 0.15) is 36.6 Å². The molecule has 1 atom stereocenters. The number of benzene rings is 3. The molecule has 0 unspecified atom stereocenters. The fraction of sp³-hybridized carbons (Fsp3) is 0.200. The fourth-order valence-corrected chi connectivity index (χ4v) is 6.86. The van der Waals surface area contributed by atoms with Gasteiger partial charge in [-0.2, -0.15) is 5.10 Å². The zero-order valence-electron chi connectivity index (χ0n) is 23.4. The van der Waals surface area contributed by atoms with Crippen molar-refractivity contribution in [2.75, 3.05) is 13.2 Å². The number of amides is 1. The van der Waals surface area contributed by atoms with Gasteiger partial charge in [0, 0.05) is 20.4 Å². The molecule has 4 rings (SSSR count). The molecule has 14 heteroatoms. The van der Waals surface area contributed by atoms with Gasteiger partial charge in [0.25, 0.3) is 5.91 Å². The zero-order chi connectivity index (χ0) is 31.8. The summed E-state index contributed by atoms with van der Waals surface area (Å²) in [5.74, 6) is 0.0349. The molecule has 0 radical (unpaired) electrons. The molecule has 3 N–H and O–H groups in total. The second-order valence-corrected chi connectivity index (χ2v) is 12.9. The van der Waals surface area contributed by atoms with Gasteiger partial charge in [-0.05, 0) is 107 Å². The van der Waals surface area contributed by atoms with Gasteiger partial charge in [0.15, 0.2) is 11.7 Å². The minimum atomic E-state index is -0.634. The number of thiocarbonyl (C=S) groups is 1. The first-order valence-electron chi connectivity index (χ1n) is 13.1. The van der Waals surface area contributed by atoms with Crippen molar-refractivity contribution in [2.45, 2.75) is 26.5 Å². The first-order chi connectivity index (χ1) is 21.1. The Hall–Kier alpha value is -2.66. The van der Waals surface area contributed by atoms with Crippen LogP contribution in [0.3, 0.4) is 0 Å². The van der Waals surface area contributed by atoms with E-state index in [1.165, 1.54) is 6.21 Å². The molecule has 230 valence electrons. The highest BCUT2D eigenvalue weighted by atomic mass is 127. The molecule has 0 saturated carbocycles. The van der Waals surface area contributed by atoms with Gasteiger partial charge in [0.1, 0.15) is 18.1 Å². The van der Waals surface area contributed by atoms with Gasteiger partial charge in [-0.25, -0.2) is 10.2 Å². The number of halogens is 4. The van der Waals surface area contributed by atoms with E-state index in [0.717, 1.165) is 12.7 Å². The number of ether oxygens (including phenoxy) is 3. The van der Waals surface area contributed by atoms with Crippen LogP contribution in [-0.4, -0.2) is 36.4 Å². The lowest BCUT2D eigenvalue weighted by Gasteiger charge is -2.30. The number of nitrogens with one attached hydrogen (secondary N) is 3. The van der Waals surface area contributed by atoms with Crippen LogP contribution in [0.15, 0.2) is 71.0 Å². The summed E-state index contributed by atoms with van der Waals surface area (Å²) in [5.41, 5.74) is 5.58. The molecule has 0 saturated heterocycles. The molecule has 3 aromatic carbocycles. The molecular formula is C30H26Cl2I2N4O5S. The number of para-hydroxylation sites is 1. The van der Waals surface area contributed by atoms with Crippen molar-refractivity contribution in [2.24, 2.45) is 5.10 Å². The molecule has 3 aromatic rings. The van der Waals surface area contributed by atoms with Gasteiger partial charge in [-0.3, -0.25) is 4.79 Å². The van der Waals surface area contributed by atoms with Crippen molar-refractivity contribution in [1.29, 1.82) is 0 Å². The Balaban J connectivity index is 1.44. The number of allylic oxidation sites excluding steroid dienone is 1. The van der Waals surface area contributed by atoms with Crippen LogP contribution in [0.2, 0.25) is 10.0 Å². The average molecular weight is 879 g/mol. The molecule has 0 aliphatic carbocycles. The third kappa shape index (κ3) is 8.96. The number of carbonyl (C=O) groups is 2. The van der Waals surface area contributed by atoms with E-state index >= 15 is 0 Å². The summed E-state index contributed by atoms with van der Waals surface area (Å²) in [6, 6.07) is 15.6. The Morgan fingerprint density at radius 1 is 1.09 bits per heavy atom. The highest BCUT2D eigenvalue weighted by Crippen LogP contribution is 2.34. The number of hydrogen-bond donors (Lipinski definition) is 3. The van der Waals surface area contributed by atoms with Crippen LogP contribution >= 0.6 is 80.6 Å². The SMILES string of the molecule is CCOC(=O)C1=C(C)NC(=S)N[C@@H]1c1ccccc1OCC(=O)NN=Cc1cc(I)cc(I)c1OCc1ccc(Cl)c(Cl)c1. The summed E-state index contributed by atoms with van der Waals surface area (Å²) in [5, 5.41) is 11.5. The van der Waals surface area contributed by atoms with Crippen LogP contribution < -0.4 is 25.5 Å². The molecule has 1 aliphatic rings. The second-order valence-electron chi connectivity index (χ2n) is 9.25. The van der Waals surface area contributed by atoms with E-state index in [9.17, 15) is 9.59 Å². The molecule has 0 spiro atoms. The Bertz CT molecular complexity index is 1650. The van der Waals surface area contributed by atoms with E-state index in [2.05, 4.69) is 66.3 Å². The van der Waals surface area contributed by atoms with Crippen molar-refractivity contribution in [3.05, 3.63) is 99.7 Å². The predicted octanol–water partition coefficient (Wildman–Crippen LogP) is 6.67. The second kappa shape index (κ2) is 16.1. The van der Waals surface area contributed by atoms with Crippen LogP contribution in [0.5, 0.6) is 11.5 Å². The molecule has 0 fully saturated rings. The van der Waals surface area contributed by atoms with E-state index in [0.29, 0.717) is 49.1 Å². The lowest BCUT2D eigenvalue weighted by molar-refractivity contribution is -0.139. The summed E-state index contributed by atoms with van der Waals surface area (Å²) in [7, 11) is 0. The number of nitrogens with zero attached hydrogens (tertiary/aromatic N) is 1. The molecule has 1 heterocycles. The minimum Gasteiger partial charge on any atom is -0.487 e. The van der Waals surface area contributed by atoms with Crippen molar-refractivity contribution < 1.29 is 23.8 Å². The van der Waals surface area contributed by atoms with E-state index in [4.69, 9.17) is 49.6 Å². The van der Waals surface area contributed by atoms with Crippen molar-refractivity contribution >= 4 is 104 Å². The molecule has 0 aromatic heterocycles. The highest BCUT2D eigenvalue weighted by molar-refractivity contribution is 14.1. The minimum absolute atomic E-state index is 0.220. The lowest BCUT2D eigenvalue weighted by atomic mass is 9.95. The molecule has 44 heavy (non-hydrogen) atoms. The summed E-state index contributed by atoms with van der Waals surface area (Å²) in [6.45, 7) is 3.64. The maximum Gasteiger partial charge on any atom is 0.338 e. The first-order valence-corrected chi connectivity index (χ1v) is 16.4. The maximum atomic E-state index is 12.8. The van der Waals surface area contributed by atoms with Gasteiger partial charge < -0.3 is 24.8 Å². The van der Waals surface area contributed by atoms with Crippen LogP contribution in [0.25, 0.3) is 0 Å². The number of esters is 1. The van der Waals surface area contributed by atoms with E-state index in [-0.39, 0.29) is 19.8 Å². The number of hydrazone groups is 1. The van der Waals surface area contributed by atoms with Crippen LogP contribution in [-0.2, 0) is 20.9 Å². The maximum absolute atomic E-state index is 12.8. The van der Waals surface area contributed by atoms with Gasteiger partial charge in [0.05, 0.1) is 38.1 Å². The summed E-state index contributed by atoms with van der Waals surface area (Å²) >= 11 is 21.9. The Kier molecular flexibility index (Phi) is 12.5. The third-order valence-corrected chi connectivity index (χ3v) is 8.53. The normalized spacial score (nSPS) is 14.6. The summed E-state index contributed by atoms with van der Waals surface area (Å²) in [4.78, 5) is 25.5. The first kappa shape index (κ1) is 34.2. The summed E-state index contributed by atoms with van der Waals surface area (Å²) < 4.78 is 19.1. The highest BCUT2D eigenvalue weighted by Gasteiger charge is 2.32. The fourth-order valence-electron chi connectivity index (χ4n) is 4.22.